The largest absolute Gasteiger partial charge is 1.00 e. The Morgan fingerprint density at radius 3 is 1.39 bits per heavy atom. The van der Waals surface area contributed by atoms with E-state index in [4.69, 9.17) is 0 Å². The Morgan fingerprint density at radius 2 is 0.929 bits per heavy atom. The fourth-order valence-electron chi connectivity index (χ4n) is 3.82. The van der Waals surface area contributed by atoms with Gasteiger partial charge in [-0.1, -0.05) is 49.2 Å². The lowest BCUT2D eigenvalue weighted by Crippen LogP contribution is -3.00. The number of nitrogens with one attached hydrogen (secondary N) is 2. The number of pyridine rings is 2. The first kappa shape index (κ1) is 22.5. The van der Waals surface area contributed by atoms with Gasteiger partial charge in [-0.25, -0.2) is 9.97 Å². The summed E-state index contributed by atoms with van der Waals surface area (Å²) in [6.45, 7) is 0. The van der Waals surface area contributed by atoms with Crippen LogP contribution >= 0.6 is 0 Å². The number of unbranched alkanes of at least 4 members (excludes halogenated alkanes) is 3. The number of aromatic nitrogens is 2. The van der Waals surface area contributed by atoms with Crippen molar-refractivity contribution in [3.63, 3.8) is 0 Å². The first-order valence-corrected chi connectivity index (χ1v) is 9.68. The molecular weight excluding hydrogens is 476 g/mol. The number of hydrogen-bond donors (Lipinski definition) is 0. The number of rotatable bonds is 7. The summed E-state index contributed by atoms with van der Waals surface area (Å²) in [5, 5.41) is 5.38. The average Bonchev–Trinajstić information content (AvgIpc) is 2.71. The second-order valence-electron chi connectivity index (χ2n) is 7.00. The van der Waals surface area contributed by atoms with E-state index in [1.54, 1.807) is 0 Å². The Balaban J connectivity index is 0.00000140. The van der Waals surface area contributed by atoms with Gasteiger partial charge in [0.2, 0.25) is 0 Å². The van der Waals surface area contributed by atoms with Gasteiger partial charge in [0.1, 0.15) is 0 Å². The third-order valence-electron chi connectivity index (χ3n) is 5.22. The molecule has 0 bridgehead atoms. The van der Waals surface area contributed by atoms with Crippen LogP contribution < -0.4 is 43.9 Å². The Bertz CT molecular complexity index is 923. The molecule has 4 rings (SSSR count). The lowest BCUT2D eigenvalue weighted by molar-refractivity contribution is -0.388. The summed E-state index contributed by atoms with van der Waals surface area (Å²) in [5.41, 5.74) is 2.73. The first-order valence-electron chi connectivity index (χ1n) is 9.68. The van der Waals surface area contributed by atoms with Crippen molar-refractivity contribution >= 4 is 21.5 Å². The van der Waals surface area contributed by atoms with Crippen molar-refractivity contribution in [2.45, 2.75) is 38.5 Å². The van der Waals surface area contributed by atoms with Gasteiger partial charge in [0.15, 0.2) is 23.8 Å². The van der Waals surface area contributed by atoms with Gasteiger partial charge in [-0.05, 0) is 35.7 Å². The highest BCUT2D eigenvalue weighted by Gasteiger charge is 2.09. The molecule has 2 N–H and O–H groups in total. The molecule has 2 aromatic heterocycles. The maximum Gasteiger partial charge on any atom is 0.187 e. The van der Waals surface area contributed by atoms with Crippen molar-refractivity contribution in [1.82, 2.24) is 0 Å². The van der Waals surface area contributed by atoms with E-state index in [-0.39, 0.29) is 34.0 Å². The van der Waals surface area contributed by atoms with E-state index >= 15 is 0 Å². The van der Waals surface area contributed by atoms with Crippen LogP contribution in [0.5, 0.6) is 0 Å². The zero-order valence-electron chi connectivity index (χ0n) is 15.9. The molecule has 0 amide bonds. The molecule has 0 aliphatic carbocycles. The molecule has 4 aromatic rings. The summed E-state index contributed by atoms with van der Waals surface area (Å²) in [6.07, 6.45) is 11.4. The summed E-state index contributed by atoms with van der Waals surface area (Å²) in [7, 11) is 0. The molecule has 0 aliphatic rings. The molecule has 146 valence electrons. The lowest BCUT2D eigenvalue weighted by atomic mass is 10.0. The zero-order valence-corrected chi connectivity index (χ0v) is 19.1. The predicted octanol–water partition coefficient (Wildman–Crippen LogP) is -1.03. The molecule has 0 radical (unpaired) electrons. The van der Waals surface area contributed by atoms with Crippen LogP contribution in [0.15, 0.2) is 73.1 Å². The third kappa shape index (κ3) is 5.39. The van der Waals surface area contributed by atoms with Crippen molar-refractivity contribution < 1.29 is 43.9 Å². The molecule has 2 heterocycles. The highest BCUT2D eigenvalue weighted by atomic mass is 79.9. The fraction of sp³-hybridized carbons (Fsp3) is 0.250. The highest BCUT2D eigenvalue weighted by Crippen LogP contribution is 2.18. The predicted molar refractivity (Wildman–Crippen MR) is 107 cm³/mol. The SMILES string of the molecule is [Br-].[Br-].c1ccc2c(CCCCCCc3[nH+]ccc4ccccc34)[nH+]ccc2c1. The van der Waals surface area contributed by atoms with Gasteiger partial charge in [0.05, 0.1) is 0 Å². The smallest absolute Gasteiger partial charge is 0.187 e. The van der Waals surface area contributed by atoms with Crippen LogP contribution in [0.25, 0.3) is 21.5 Å². The number of H-pyrrole nitrogens is 2. The lowest BCUT2D eigenvalue weighted by Gasteiger charge is -2.02. The van der Waals surface area contributed by atoms with Gasteiger partial charge >= 0.3 is 0 Å². The molecule has 4 heteroatoms. The Hall–Kier alpha value is -1.78. The molecule has 0 spiro atoms. The summed E-state index contributed by atoms with van der Waals surface area (Å²) in [5.74, 6) is 0. The number of fused-ring (bicyclic) bond motifs is 2. The van der Waals surface area contributed by atoms with E-state index in [1.165, 1.54) is 58.6 Å². The summed E-state index contributed by atoms with van der Waals surface area (Å²) >= 11 is 0. The summed E-state index contributed by atoms with van der Waals surface area (Å²) in [6, 6.07) is 21.6. The molecular formula is C24H26Br2N2. The fourth-order valence-corrected chi connectivity index (χ4v) is 3.82. The maximum atomic E-state index is 3.44. The molecule has 0 fully saturated rings. The van der Waals surface area contributed by atoms with E-state index in [2.05, 4.69) is 83.0 Å². The summed E-state index contributed by atoms with van der Waals surface area (Å²) < 4.78 is 0. The van der Waals surface area contributed by atoms with Gasteiger partial charge in [0, 0.05) is 35.7 Å². The van der Waals surface area contributed by atoms with E-state index in [0.717, 1.165) is 12.8 Å². The van der Waals surface area contributed by atoms with Crippen LogP contribution in [-0.4, -0.2) is 0 Å². The molecule has 28 heavy (non-hydrogen) atoms. The average molecular weight is 502 g/mol. The minimum atomic E-state index is 0. The van der Waals surface area contributed by atoms with E-state index in [1.807, 2.05) is 0 Å². The number of benzene rings is 2. The molecule has 0 saturated heterocycles. The molecule has 0 atom stereocenters. The number of aryl methyl sites for hydroxylation is 2. The van der Waals surface area contributed by atoms with Crippen molar-refractivity contribution in [3.05, 3.63) is 84.4 Å². The molecule has 0 aliphatic heterocycles. The van der Waals surface area contributed by atoms with Crippen molar-refractivity contribution in [1.29, 1.82) is 0 Å². The molecule has 2 nitrogen and oxygen atoms in total. The standard InChI is InChI=1S/C24H24N2.2BrH/c1(3-13-23-21-11-7-5-9-19(21)15-17-25-23)2-4-14-24-22-12-8-6-10-20(22)16-18-26-24;;/h5-12,15-18H,1-4,13-14H2;2*1H. The van der Waals surface area contributed by atoms with Crippen molar-refractivity contribution in [3.8, 4) is 0 Å². The first-order chi connectivity index (χ1) is 12.9. The Morgan fingerprint density at radius 1 is 0.500 bits per heavy atom. The van der Waals surface area contributed by atoms with Crippen LogP contribution in [0.2, 0.25) is 0 Å². The molecule has 0 saturated carbocycles. The van der Waals surface area contributed by atoms with E-state index in [0.29, 0.717) is 0 Å². The minimum absolute atomic E-state index is 0. The topological polar surface area (TPSA) is 28.3 Å². The zero-order chi connectivity index (χ0) is 17.6. The summed E-state index contributed by atoms with van der Waals surface area (Å²) in [4.78, 5) is 6.89. The number of hydrogen-bond acceptors (Lipinski definition) is 0. The molecule has 0 unspecified atom stereocenters. The van der Waals surface area contributed by atoms with Crippen molar-refractivity contribution in [2.24, 2.45) is 0 Å². The van der Waals surface area contributed by atoms with Gasteiger partial charge in [0.25, 0.3) is 0 Å². The second kappa shape index (κ2) is 11.3. The van der Waals surface area contributed by atoms with E-state index in [9.17, 15) is 0 Å². The van der Waals surface area contributed by atoms with E-state index < -0.39 is 0 Å². The number of halogens is 2. The van der Waals surface area contributed by atoms with Crippen LogP contribution in [0, 0.1) is 0 Å². The Labute approximate surface area is 188 Å². The molecule has 2 aromatic carbocycles. The van der Waals surface area contributed by atoms with Crippen LogP contribution in [0.1, 0.15) is 37.1 Å². The van der Waals surface area contributed by atoms with Crippen molar-refractivity contribution in [2.75, 3.05) is 0 Å². The van der Waals surface area contributed by atoms with Gasteiger partial charge in [-0.3, -0.25) is 0 Å². The quantitative estimate of drug-likeness (QED) is 0.290. The normalized spacial score (nSPS) is 10.4. The van der Waals surface area contributed by atoms with Gasteiger partial charge in [-0.15, -0.1) is 0 Å². The third-order valence-corrected chi connectivity index (χ3v) is 5.22. The highest BCUT2D eigenvalue weighted by molar-refractivity contribution is 5.83. The second-order valence-corrected chi connectivity index (χ2v) is 7.00. The van der Waals surface area contributed by atoms with Gasteiger partial charge in [-0.2, -0.15) is 0 Å². The van der Waals surface area contributed by atoms with Gasteiger partial charge < -0.3 is 34.0 Å². The minimum Gasteiger partial charge on any atom is -1.00 e. The number of aromatic amines is 2. The van der Waals surface area contributed by atoms with Crippen LogP contribution in [-0.2, 0) is 12.8 Å². The monoisotopic (exact) mass is 500 g/mol. The van der Waals surface area contributed by atoms with Crippen LogP contribution in [0.4, 0.5) is 0 Å². The van der Waals surface area contributed by atoms with Crippen LogP contribution in [0.3, 0.4) is 0 Å². The Kier molecular flexibility index (Phi) is 9.07. The maximum absolute atomic E-state index is 3.44.